The maximum Gasteiger partial charge on any atom is 0.343 e. The highest BCUT2D eigenvalue weighted by Gasteiger charge is 2.23. The fourth-order valence-corrected chi connectivity index (χ4v) is 2.86. The quantitative estimate of drug-likeness (QED) is 0.607. The van der Waals surface area contributed by atoms with Crippen LogP contribution in [0.5, 0.6) is 0 Å². The number of thiazole rings is 1. The van der Waals surface area contributed by atoms with Gasteiger partial charge in [0.2, 0.25) is 0 Å². The summed E-state index contributed by atoms with van der Waals surface area (Å²) < 4.78 is 33.5. The molecule has 0 bridgehead atoms. The average Bonchev–Trinajstić information content (AvgIpc) is 2.47. The van der Waals surface area contributed by atoms with E-state index in [4.69, 9.17) is 0 Å². The molecule has 0 N–H and O–H groups in total. The molecule has 0 spiro atoms. The summed E-state index contributed by atoms with van der Waals surface area (Å²) in [5.74, 6) is -0.250. The number of nitrogens with zero attached hydrogens (tertiary/aromatic N) is 1. The third kappa shape index (κ3) is 2.82. The van der Waals surface area contributed by atoms with Crippen molar-refractivity contribution in [3.63, 3.8) is 0 Å². The first kappa shape index (κ1) is 12.3. The van der Waals surface area contributed by atoms with Crippen molar-refractivity contribution >= 4 is 27.3 Å². The number of ketones is 1. The molecule has 0 saturated carbocycles. The van der Waals surface area contributed by atoms with E-state index in [1.165, 1.54) is 6.92 Å². The van der Waals surface area contributed by atoms with Crippen LogP contribution in [0.25, 0.3) is 0 Å². The number of hydrogen-bond donors (Lipinski definition) is 0. The van der Waals surface area contributed by atoms with Crippen molar-refractivity contribution in [1.29, 1.82) is 0 Å². The molecule has 0 amide bonds. The van der Waals surface area contributed by atoms with Crippen LogP contribution in [-0.2, 0) is 10.2 Å². The Morgan fingerprint density at radius 3 is 2.53 bits per heavy atom. The van der Waals surface area contributed by atoms with Gasteiger partial charge in [0, 0.05) is 6.42 Å². The van der Waals surface area contributed by atoms with Crippen LogP contribution in [0.15, 0.2) is 4.21 Å². The Labute approximate surface area is 91.4 Å². The van der Waals surface area contributed by atoms with E-state index in [9.17, 15) is 17.1 Å². The molecule has 0 saturated heterocycles. The molecule has 7 heteroatoms. The van der Waals surface area contributed by atoms with E-state index in [0.717, 1.165) is 0 Å². The Morgan fingerprint density at radius 1 is 1.53 bits per heavy atom. The second-order valence-electron chi connectivity index (χ2n) is 3.00. The van der Waals surface area contributed by atoms with Gasteiger partial charge in [-0.3, -0.25) is 4.79 Å². The summed E-state index contributed by atoms with van der Waals surface area (Å²) in [4.78, 5) is 15.1. The van der Waals surface area contributed by atoms with E-state index in [1.54, 1.807) is 0 Å². The zero-order valence-electron chi connectivity index (χ0n) is 8.28. The molecule has 0 aromatic carbocycles. The molecular weight excluding hydrogens is 241 g/mol. The SMILES string of the molecule is CCCC(=O)c1nc(C)c(S(=O)(=O)F)s1. The second-order valence-corrected chi connectivity index (χ2v) is 5.54. The Hall–Kier alpha value is -0.820. The van der Waals surface area contributed by atoms with E-state index >= 15 is 0 Å². The molecule has 84 valence electrons. The third-order valence-corrected chi connectivity index (χ3v) is 4.27. The molecule has 0 aliphatic rings. The van der Waals surface area contributed by atoms with E-state index in [0.29, 0.717) is 24.2 Å². The highest BCUT2D eigenvalue weighted by atomic mass is 32.3. The van der Waals surface area contributed by atoms with Gasteiger partial charge >= 0.3 is 10.2 Å². The molecule has 0 unspecified atom stereocenters. The predicted octanol–water partition coefficient (Wildman–Crippen LogP) is 2.09. The molecule has 1 heterocycles. The lowest BCUT2D eigenvalue weighted by atomic mass is 10.2. The van der Waals surface area contributed by atoms with E-state index in [-0.39, 0.29) is 16.5 Å². The van der Waals surface area contributed by atoms with Crippen LogP contribution in [0.3, 0.4) is 0 Å². The van der Waals surface area contributed by atoms with Crippen molar-refractivity contribution in [2.24, 2.45) is 0 Å². The summed E-state index contributed by atoms with van der Waals surface area (Å²) in [6.45, 7) is 3.19. The molecule has 1 aromatic heterocycles. The Balaban J connectivity index is 3.12. The number of carbonyl (C=O) groups is 1. The summed E-state index contributed by atoms with van der Waals surface area (Å²) in [6.07, 6.45) is 0.938. The maximum absolute atomic E-state index is 12.7. The topological polar surface area (TPSA) is 64.1 Å². The molecule has 1 aromatic rings. The van der Waals surface area contributed by atoms with Crippen molar-refractivity contribution < 1.29 is 17.1 Å². The second kappa shape index (κ2) is 4.36. The predicted molar refractivity (Wildman–Crippen MR) is 54.4 cm³/mol. The zero-order chi connectivity index (χ0) is 11.6. The van der Waals surface area contributed by atoms with Crippen molar-refractivity contribution in [3.8, 4) is 0 Å². The van der Waals surface area contributed by atoms with Crippen molar-refractivity contribution in [1.82, 2.24) is 4.98 Å². The van der Waals surface area contributed by atoms with Crippen LogP contribution in [0.1, 0.15) is 35.3 Å². The van der Waals surface area contributed by atoms with Crippen LogP contribution in [0.4, 0.5) is 3.89 Å². The first-order valence-electron chi connectivity index (χ1n) is 4.31. The number of aryl methyl sites for hydroxylation is 1. The first-order valence-corrected chi connectivity index (χ1v) is 6.51. The minimum Gasteiger partial charge on any atom is -0.292 e. The largest absolute Gasteiger partial charge is 0.343 e. The highest BCUT2D eigenvalue weighted by Crippen LogP contribution is 2.26. The summed E-state index contributed by atoms with van der Waals surface area (Å²) >= 11 is 0.591. The summed E-state index contributed by atoms with van der Waals surface area (Å²) in [5, 5.41) is 0.0607. The Kier molecular flexibility index (Phi) is 3.56. The number of hydrogen-bond acceptors (Lipinski definition) is 5. The normalized spacial score (nSPS) is 11.7. The molecule has 0 fully saturated rings. The average molecular weight is 251 g/mol. The summed E-state index contributed by atoms with van der Waals surface area (Å²) in [7, 11) is -4.76. The third-order valence-electron chi connectivity index (χ3n) is 1.69. The molecule has 0 atom stereocenters. The number of carbonyl (C=O) groups excluding carboxylic acids is 1. The van der Waals surface area contributed by atoms with Crippen LogP contribution >= 0.6 is 11.3 Å². The monoisotopic (exact) mass is 251 g/mol. The molecule has 1 rings (SSSR count). The van der Waals surface area contributed by atoms with Crippen LogP contribution in [0.2, 0.25) is 0 Å². The van der Waals surface area contributed by atoms with Gasteiger partial charge in [0.05, 0.1) is 5.69 Å². The van der Waals surface area contributed by atoms with Gasteiger partial charge in [0.1, 0.15) is 0 Å². The van der Waals surface area contributed by atoms with E-state index in [2.05, 4.69) is 4.98 Å². The standard InChI is InChI=1S/C8H10FNO3S2/c1-3-4-6(11)7-10-5(2)8(14-7)15(9,12)13/h3-4H2,1-2H3. The van der Waals surface area contributed by atoms with Crippen LogP contribution in [0, 0.1) is 6.92 Å². The van der Waals surface area contributed by atoms with E-state index in [1.807, 2.05) is 6.92 Å². The summed E-state index contributed by atoms with van der Waals surface area (Å²) in [6, 6.07) is 0. The molecule has 15 heavy (non-hydrogen) atoms. The minimum absolute atomic E-state index is 0.0435. The van der Waals surface area contributed by atoms with Crippen LogP contribution in [-0.4, -0.2) is 19.2 Å². The fourth-order valence-electron chi connectivity index (χ4n) is 1.06. The lowest BCUT2D eigenvalue weighted by Crippen LogP contribution is -1.96. The van der Waals surface area contributed by atoms with Gasteiger partial charge in [-0.05, 0) is 13.3 Å². The number of halogens is 1. The maximum atomic E-state index is 12.7. The molecule has 4 nitrogen and oxygen atoms in total. The lowest BCUT2D eigenvalue weighted by Gasteiger charge is -1.90. The Morgan fingerprint density at radius 2 is 2.13 bits per heavy atom. The molecular formula is C8H10FNO3S2. The van der Waals surface area contributed by atoms with Crippen molar-refractivity contribution in [3.05, 3.63) is 10.7 Å². The van der Waals surface area contributed by atoms with Gasteiger partial charge in [-0.1, -0.05) is 22.1 Å². The van der Waals surface area contributed by atoms with Gasteiger partial charge in [-0.15, -0.1) is 0 Å². The van der Waals surface area contributed by atoms with Crippen LogP contribution < -0.4 is 0 Å². The number of aromatic nitrogens is 1. The van der Waals surface area contributed by atoms with Gasteiger partial charge in [0.15, 0.2) is 15.0 Å². The summed E-state index contributed by atoms with van der Waals surface area (Å²) in [5.41, 5.74) is 0.0435. The smallest absolute Gasteiger partial charge is 0.292 e. The fraction of sp³-hybridized carbons (Fsp3) is 0.500. The number of Topliss-reactive ketones (excluding diaryl/α,β-unsaturated/α-hetero) is 1. The molecule has 0 aliphatic carbocycles. The Bertz CT molecular complexity index is 478. The first-order chi connectivity index (χ1) is 6.86. The lowest BCUT2D eigenvalue weighted by molar-refractivity contribution is 0.0981. The highest BCUT2D eigenvalue weighted by molar-refractivity contribution is 7.88. The van der Waals surface area contributed by atoms with E-state index < -0.39 is 14.4 Å². The van der Waals surface area contributed by atoms with Gasteiger partial charge in [-0.2, -0.15) is 8.42 Å². The van der Waals surface area contributed by atoms with Gasteiger partial charge in [-0.25, -0.2) is 4.98 Å². The molecule has 0 aliphatic heterocycles. The molecule has 0 radical (unpaired) electrons. The van der Waals surface area contributed by atoms with Gasteiger partial charge < -0.3 is 0 Å². The zero-order valence-corrected chi connectivity index (χ0v) is 9.91. The minimum atomic E-state index is -4.76. The van der Waals surface area contributed by atoms with Crippen molar-refractivity contribution in [2.45, 2.75) is 30.9 Å². The number of rotatable bonds is 4. The van der Waals surface area contributed by atoms with Gasteiger partial charge in [0.25, 0.3) is 0 Å². The van der Waals surface area contributed by atoms with Crippen molar-refractivity contribution in [2.75, 3.05) is 0 Å².